The van der Waals surface area contributed by atoms with Crippen LogP contribution in [0.3, 0.4) is 0 Å². The molecule has 2 rings (SSSR count). The Morgan fingerprint density at radius 3 is 2.61 bits per heavy atom. The van der Waals surface area contributed by atoms with E-state index < -0.39 is 5.79 Å². The molecule has 106 valence electrons. The molecule has 0 spiro atoms. The molecule has 1 heterocycles. The molecular formula is C15H28O2S. The van der Waals surface area contributed by atoms with Gasteiger partial charge in [0.1, 0.15) is 0 Å². The molecule has 1 saturated heterocycles. The van der Waals surface area contributed by atoms with Crippen LogP contribution in [-0.2, 0) is 9.47 Å². The molecular weight excluding hydrogens is 244 g/mol. The van der Waals surface area contributed by atoms with Crippen LogP contribution in [0.2, 0.25) is 0 Å². The van der Waals surface area contributed by atoms with E-state index in [9.17, 15) is 0 Å². The van der Waals surface area contributed by atoms with E-state index in [-0.39, 0.29) is 5.41 Å². The van der Waals surface area contributed by atoms with Gasteiger partial charge in [-0.05, 0) is 44.3 Å². The van der Waals surface area contributed by atoms with Crippen LogP contribution in [0.1, 0.15) is 53.4 Å². The van der Waals surface area contributed by atoms with Gasteiger partial charge in [0.05, 0.1) is 12.7 Å². The van der Waals surface area contributed by atoms with Crippen molar-refractivity contribution in [3.05, 3.63) is 0 Å². The van der Waals surface area contributed by atoms with Crippen LogP contribution >= 0.6 is 12.6 Å². The monoisotopic (exact) mass is 272 g/mol. The summed E-state index contributed by atoms with van der Waals surface area (Å²) in [6.45, 7) is 9.55. The average molecular weight is 272 g/mol. The van der Waals surface area contributed by atoms with Crippen LogP contribution in [0.5, 0.6) is 0 Å². The van der Waals surface area contributed by atoms with Gasteiger partial charge in [0.2, 0.25) is 0 Å². The number of fused-ring (bicyclic) bond motifs is 1. The van der Waals surface area contributed by atoms with Crippen LogP contribution in [0.4, 0.5) is 0 Å². The summed E-state index contributed by atoms with van der Waals surface area (Å²) in [6.07, 6.45) is 5.38. The Morgan fingerprint density at radius 2 is 2.00 bits per heavy atom. The van der Waals surface area contributed by atoms with Crippen LogP contribution in [-0.4, -0.2) is 24.3 Å². The fraction of sp³-hybridized carbons (Fsp3) is 1.00. The molecule has 0 aromatic heterocycles. The second kappa shape index (κ2) is 5.34. The highest BCUT2D eigenvalue weighted by Gasteiger charge is 2.48. The van der Waals surface area contributed by atoms with Gasteiger partial charge in [0.15, 0.2) is 5.79 Å². The summed E-state index contributed by atoms with van der Waals surface area (Å²) in [6, 6.07) is 0. The van der Waals surface area contributed by atoms with E-state index in [4.69, 9.17) is 9.47 Å². The lowest BCUT2D eigenvalue weighted by Crippen LogP contribution is -2.55. The largest absolute Gasteiger partial charge is 0.349 e. The lowest BCUT2D eigenvalue weighted by Gasteiger charge is -2.51. The van der Waals surface area contributed by atoms with Crippen LogP contribution < -0.4 is 0 Å². The summed E-state index contributed by atoms with van der Waals surface area (Å²) in [4.78, 5) is 0. The first kappa shape index (κ1) is 14.7. The molecule has 0 bridgehead atoms. The Bertz CT molecular complexity index is 287. The van der Waals surface area contributed by atoms with Crippen molar-refractivity contribution in [2.24, 2.45) is 17.3 Å². The van der Waals surface area contributed by atoms with Gasteiger partial charge in [0, 0.05) is 11.3 Å². The van der Waals surface area contributed by atoms with Crippen LogP contribution in [0.25, 0.3) is 0 Å². The van der Waals surface area contributed by atoms with Crippen molar-refractivity contribution in [2.75, 3.05) is 12.4 Å². The highest BCUT2D eigenvalue weighted by Crippen LogP contribution is 2.45. The Labute approximate surface area is 117 Å². The predicted molar refractivity (Wildman–Crippen MR) is 78.0 cm³/mol. The molecule has 0 N–H and O–H groups in total. The molecule has 2 nitrogen and oxygen atoms in total. The number of ether oxygens (including phenoxy) is 2. The summed E-state index contributed by atoms with van der Waals surface area (Å²) < 4.78 is 12.4. The van der Waals surface area contributed by atoms with Gasteiger partial charge >= 0.3 is 0 Å². The standard InChI is InChI=1S/C15H28O2S/c1-14(2,3)15(4)16-10-12-9-11(7-8-18)5-6-13(12)17-15/h11-13,18H,5-10H2,1-4H3. The van der Waals surface area contributed by atoms with Gasteiger partial charge in [-0.25, -0.2) is 0 Å². The van der Waals surface area contributed by atoms with Crippen LogP contribution in [0.15, 0.2) is 0 Å². The molecule has 4 atom stereocenters. The van der Waals surface area contributed by atoms with E-state index in [1.165, 1.54) is 25.7 Å². The Hall–Kier alpha value is 0.270. The van der Waals surface area contributed by atoms with E-state index in [1.807, 2.05) is 0 Å². The normalized spacial score (nSPS) is 41.5. The SMILES string of the molecule is CC(C)(C)C1(C)OCC2CC(CCS)CCC2O1. The Balaban J connectivity index is 1.97. The number of rotatable bonds is 2. The van der Waals surface area contributed by atoms with E-state index in [1.54, 1.807) is 0 Å². The summed E-state index contributed by atoms with van der Waals surface area (Å²) >= 11 is 4.35. The van der Waals surface area contributed by atoms with Gasteiger partial charge < -0.3 is 9.47 Å². The van der Waals surface area contributed by atoms with Gasteiger partial charge in [-0.3, -0.25) is 0 Å². The third kappa shape index (κ3) is 2.88. The minimum Gasteiger partial charge on any atom is -0.349 e. The molecule has 1 aliphatic carbocycles. The van der Waals surface area contributed by atoms with Crippen molar-refractivity contribution in [3.8, 4) is 0 Å². The molecule has 2 aliphatic rings. The summed E-state index contributed by atoms with van der Waals surface area (Å²) in [5.74, 6) is 2.00. The van der Waals surface area contributed by atoms with E-state index in [0.717, 1.165) is 18.3 Å². The Kier molecular flexibility index (Phi) is 4.35. The highest BCUT2D eigenvalue weighted by molar-refractivity contribution is 7.80. The van der Waals surface area contributed by atoms with Gasteiger partial charge in [0.25, 0.3) is 0 Å². The fourth-order valence-electron chi connectivity index (χ4n) is 3.09. The minimum absolute atomic E-state index is 0.0277. The molecule has 3 heteroatoms. The number of hydrogen-bond donors (Lipinski definition) is 1. The minimum atomic E-state index is -0.426. The summed E-state index contributed by atoms with van der Waals surface area (Å²) in [5, 5.41) is 0. The number of thiol groups is 1. The van der Waals surface area contributed by atoms with Crippen molar-refractivity contribution >= 4 is 12.6 Å². The van der Waals surface area contributed by atoms with Gasteiger partial charge in [-0.1, -0.05) is 20.8 Å². The Morgan fingerprint density at radius 1 is 1.28 bits per heavy atom. The molecule has 4 unspecified atom stereocenters. The maximum Gasteiger partial charge on any atom is 0.170 e. The van der Waals surface area contributed by atoms with Crippen LogP contribution in [0, 0.1) is 17.3 Å². The van der Waals surface area contributed by atoms with Gasteiger partial charge in [-0.15, -0.1) is 0 Å². The van der Waals surface area contributed by atoms with Crippen molar-refractivity contribution in [1.82, 2.24) is 0 Å². The third-order valence-electron chi connectivity index (χ3n) is 4.87. The molecule has 1 aliphatic heterocycles. The fourth-order valence-corrected chi connectivity index (χ4v) is 3.46. The zero-order valence-corrected chi connectivity index (χ0v) is 13.1. The summed E-state index contributed by atoms with van der Waals surface area (Å²) in [5.41, 5.74) is 0.0277. The van der Waals surface area contributed by atoms with Crippen molar-refractivity contribution in [3.63, 3.8) is 0 Å². The molecule has 18 heavy (non-hydrogen) atoms. The van der Waals surface area contributed by atoms with E-state index >= 15 is 0 Å². The van der Waals surface area contributed by atoms with Crippen molar-refractivity contribution in [2.45, 2.75) is 65.3 Å². The molecule has 2 fully saturated rings. The number of hydrogen-bond acceptors (Lipinski definition) is 3. The first-order valence-electron chi connectivity index (χ1n) is 7.28. The third-order valence-corrected chi connectivity index (χ3v) is 5.13. The molecule has 0 aromatic rings. The lowest BCUT2D eigenvalue weighted by molar-refractivity contribution is -0.347. The van der Waals surface area contributed by atoms with Crippen molar-refractivity contribution < 1.29 is 9.47 Å². The first-order valence-corrected chi connectivity index (χ1v) is 7.91. The smallest absolute Gasteiger partial charge is 0.170 e. The zero-order valence-electron chi connectivity index (χ0n) is 12.2. The molecule has 0 aromatic carbocycles. The van der Waals surface area contributed by atoms with E-state index in [2.05, 4.69) is 40.3 Å². The summed E-state index contributed by atoms with van der Waals surface area (Å²) in [7, 11) is 0. The lowest BCUT2D eigenvalue weighted by atomic mass is 9.76. The first-order chi connectivity index (χ1) is 8.36. The highest BCUT2D eigenvalue weighted by atomic mass is 32.1. The predicted octanol–water partition coefficient (Wildman–Crippen LogP) is 3.90. The topological polar surface area (TPSA) is 18.5 Å². The second-order valence-electron chi connectivity index (χ2n) is 7.11. The average Bonchev–Trinajstić information content (AvgIpc) is 2.28. The molecule has 0 radical (unpaired) electrons. The second-order valence-corrected chi connectivity index (χ2v) is 7.56. The maximum absolute atomic E-state index is 6.33. The van der Waals surface area contributed by atoms with Gasteiger partial charge in [-0.2, -0.15) is 12.6 Å². The molecule has 0 amide bonds. The zero-order chi connectivity index (χ0) is 13.4. The van der Waals surface area contributed by atoms with Crippen molar-refractivity contribution in [1.29, 1.82) is 0 Å². The van der Waals surface area contributed by atoms with E-state index in [0.29, 0.717) is 12.0 Å². The molecule has 1 saturated carbocycles. The quantitative estimate of drug-likeness (QED) is 0.769. The maximum atomic E-state index is 6.33.